The Balaban J connectivity index is 2.12. The van der Waals surface area contributed by atoms with E-state index >= 15 is 0 Å². The molecule has 1 aliphatic heterocycles. The van der Waals surface area contributed by atoms with Gasteiger partial charge in [0.2, 0.25) is 0 Å². The van der Waals surface area contributed by atoms with Crippen molar-refractivity contribution in [3.63, 3.8) is 0 Å². The van der Waals surface area contributed by atoms with Gasteiger partial charge in [-0.15, -0.1) is 0 Å². The van der Waals surface area contributed by atoms with Gasteiger partial charge in [0.1, 0.15) is 18.2 Å². The van der Waals surface area contributed by atoms with Gasteiger partial charge in [0.25, 0.3) is 5.91 Å². The van der Waals surface area contributed by atoms with E-state index < -0.39 is 33.9 Å². The maximum Gasteiger partial charge on any atom is 0.408 e. The SMILES string of the molecule is CCOC(=O)CN1C(=O)C(NC(=O)OC(C)(C)C)C(Br)(c2ccccc2)Cc2ccccc21. The Morgan fingerprint density at radius 3 is 2.39 bits per heavy atom. The van der Waals surface area contributed by atoms with Crippen molar-refractivity contribution in [2.45, 2.75) is 50.1 Å². The van der Waals surface area contributed by atoms with Crippen LogP contribution in [0.5, 0.6) is 0 Å². The molecule has 0 fully saturated rings. The summed E-state index contributed by atoms with van der Waals surface area (Å²) in [7, 11) is 0. The number of nitrogens with one attached hydrogen (secondary N) is 1. The summed E-state index contributed by atoms with van der Waals surface area (Å²) >= 11 is 3.83. The first-order valence-corrected chi connectivity index (χ1v) is 11.6. The average Bonchev–Trinajstić information content (AvgIpc) is 2.83. The first-order chi connectivity index (χ1) is 15.5. The molecule has 1 aliphatic rings. The van der Waals surface area contributed by atoms with E-state index in [0.29, 0.717) is 12.1 Å². The predicted molar refractivity (Wildman–Crippen MR) is 129 cm³/mol. The number of alkyl carbamates (subject to hydrolysis) is 1. The number of para-hydroxylation sites is 1. The molecule has 0 spiro atoms. The molecular weight excluding hydrogens is 488 g/mol. The standard InChI is InChI=1S/C25H29BrN2O5/c1-5-32-20(29)16-28-19-14-10-9-11-17(19)15-25(26,18-12-7-6-8-13-18)21(22(28)30)27-23(31)33-24(2,3)4/h6-14,21H,5,15-16H2,1-4H3,(H,27,31). The van der Waals surface area contributed by atoms with Gasteiger partial charge >= 0.3 is 12.1 Å². The lowest BCUT2D eigenvalue weighted by molar-refractivity contribution is -0.142. The van der Waals surface area contributed by atoms with Crippen molar-refractivity contribution in [2.75, 3.05) is 18.1 Å². The fourth-order valence-electron chi connectivity index (χ4n) is 3.86. The second-order valence-electron chi connectivity index (χ2n) is 8.84. The summed E-state index contributed by atoms with van der Waals surface area (Å²) in [4.78, 5) is 40.5. The van der Waals surface area contributed by atoms with Gasteiger partial charge in [-0.2, -0.15) is 0 Å². The maximum atomic E-state index is 14.0. The van der Waals surface area contributed by atoms with E-state index in [1.807, 2.05) is 48.5 Å². The second kappa shape index (κ2) is 9.95. The highest BCUT2D eigenvalue weighted by atomic mass is 79.9. The van der Waals surface area contributed by atoms with E-state index in [1.165, 1.54) is 4.90 Å². The summed E-state index contributed by atoms with van der Waals surface area (Å²) in [6.45, 7) is 6.90. The smallest absolute Gasteiger partial charge is 0.408 e. The number of fused-ring (bicyclic) bond motifs is 1. The molecule has 2 aromatic carbocycles. The summed E-state index contributed by atoms with van der Waals surface area (Å²) < 4.78 is 9.58. The van der Waals surface area contributed by atoms with Gasteiger partial charge < -0.3 is 14.8 Å². The molecular formula is C25H29BrN2O5. The van der Waals surface area contributed by atoms with Crippen LogP contribution in [0.4, 0.5) is 10.5 Å². The maximum absolute atomic E-state index is 14.0. The Labute approximate surface area is 202 Å². The van der Waals surface area contributed by atoms with E-state index in [2.05, 4.69) is 21.2 Å². The number of hydrogen-bond acceptors (Lipinski definition) is 5. The molecule has 2 amide bonds. The first-order valence-electron chi connectivity index (χ1n) is 10.8. The number of esters is 1. The van der Waals surface area contributed by atoms with E-state index in [4.69, 9.17) is 9.47 Å². The third-order valence-corrected chi connectivity index (χ3v) is 6.40. The van der Waals surface area contributed by atoms with Crippen LogP contribution in [0.2, 0.25) is 0 Å². The van der Waals surface area contributed by atoms with Crippen LogP contribution >= 0.6 is 15.9 Å². The molecule has 7 nitrogen and oxygen atoms in total. The van der Waals surface area contributed by atoms with Crippen molar-refractivity contribution >= 4 is 39.6 Å². The highest BCUT2D eigenvalue weighted by Gasteiger charge is 2.49. The van der Waals surface area contributed by atoms with Gasteiger partial charge in [-0.1, -0.05) is 64.5 Å². The van der Waals surface area contributed by atoms with Gasteiger partial charge in [-0.3, -0.25) is 14.5 Å². The van der Waals surface area contributed by atoms with Crippen LogP contribution < -0.4 is 10.2 Å². The zero-order chi connectivity index (χ0) is 24.2. The molecule has 0 saturated carbocycles. The molecule has 0 radical (unpaired) electrons. The van der Waals surface area contributed by atoms with Crippen LogP contribution in [0.1, 0.15) is 38.8 Å². The topological polar surface area (TPSA) is 84.9 Å². The highest BCUT2D eigenvalue weighted by Crippen LogP contribution is 2.44. The van der Waals surface area contributed by atoms with Crippen LogP contribution in [0, 0.1) is 0 Å². The highest BCUT2D eigenvalue weighted by molar-refractivity contribution is 9.09. The molecule has 2 atom stereocenters. The van der Waals surface area contributed by atoms with Crippen molar-refractivity contribution in [2.24, 2.45) is 0 Å². The van der Waals surface area contributed by atoms with E-state index in [0.717, 1.165) is 11.1 Å². The number of hydrogen-bond donors (Lipinski definition) is 1. The number of carbonyl (C=O) groups is 3. The summed E-state index contributed by atoms with van der Waals surface area (Å²) in [6, 6.07) is 15.8. The van der Waals surface area contributed by atoms with Gasteiger partial charge in [0.15, 0.2) is 0 Å². The number of halogens is 1. The molecule has 0 saturated heterocycles. The predicted octanol–water partition coefficient (Wildman–Crippen LogP) is 4.32. The van der Waals surface area contributed by atoms with Crippen molar-refractivity contribution in [3.05, 3.63) is 65.7 Å². The molecule has 3 rings (SSSR count). The molecule has 176 valence electrons. The second-order valence-corrected chi connectivity index (χ2v) is 10.3. The van der Waals surface area contributed by atoms with E-state index in [9.17, 15) is 14.4 Å². The fourth-order valence-corrected chi connectivity index (χ4v) is 4.73. The summed E-state index contributed by atoms with van der Waals surface area (Å²) in [6.07, 6.45) is -0.332. The minimum atomic E-state index is -1.06. The summed E-state index contributed by atoms with van der Waals surface area (Å²) in [5.74, 6) is -0.974. The summed E-state index contributed by atoms with van der Waals surface area (Å²) in [5, 5.41) is 2.77. The molecule has 0 aliphatic carbocycles. The number of carbonyl (C=O) groups excluding carboxylic acids is 3. The van der Waals surface area contributed by atoms with E-state index in [-0.39, 0.29) is 13.2 Å². The van der Waals surface area contributed by atoms with Crippen molar-refractivity contribution in [3.8, 4) is 0 Å². The first kappa shape index (κ1) is 24.8. The monoisotopic (exact) mass is 516 g/mol. The van der Waals surface area contributed by atoms with Crippen molar-refractivity contribution in [1.82, 2.24) is 5.32 Å². The lowest BCUT2D eigenvalue weighted by Gasteiger charge is -2.35. The Kier molecular flexibility index (Phi) is 7.47. The molecule has 2 unspecified atom stereocenters. The molecule has 0 aromatic heterocycles. The lowest BCUT2D eigenvalue weighted by atomic mass is 9.86. The zero-order valence-electron chi connectivity index (χ0n) is 19.3. The Hall–Kier alpha value is -2.87. The number of benzene rings is 2. The number of rotatable bonds is 5. The van der Waals surface area contributed by atoms with Crippen LogP contribution in [-0.2, 0) is 29.8 Å². The fraction of sp³-hybridized carbons (Fsp3) is 0.400. The Morgan fingerprint density at radius 2 is 1.76 bits per heavy atom. The molecule has 1 N–H and O–H groups in total. The van der Waals surface area contributed by atoms with Crippen molar-refractivity contribution in [1.29, 1.82) is 0 Å². The number of nitrogens with zero attached hydrogens (tertiary/aromatic N) is 1. The lowest BCUT2D eigenvalue weighted by Crippen LogP contribution is -2.58. The number of amides is 2. The van der Waals surface area contributed by atoms with Gasteiger partial charge in [0, 0.05) is 5.69 Å². The average molecular weight is 517 g/mol. The third-order valence-electron chi connectivity index (χ3n) is 5.21. The van der Waals surface area contributed by atoms with Crippen LogP contribution in [-0.4, -0.2) is 42.8 Å². The number of alkyl halides is 1. The van der Waals surface area contributed by atoms with Gasteiger partial charge in [-0.25, -0.2) is 4.79 Å². The minimum Gasteiger partial charge on any atom is -0.465 e. The molecule has 2 aromatic rings. The minimum absolute atomic E-state index is 0.203. The molecule has 1 heterocycles. The molecule has 0 bridgehead atoms. The quantitative estimate of drug-likeness (QED) is 0.472. The van der Waals surface area contributed by atoms with E-state index in [1.54, 1.807) is 33.8 Å². The largest absolute Gasteiger partial charge is 0.465 e. The zero-order valence-corrected chi connectivity index (χ0v) is 20.8. The van der Waals surface area contributed by atoms with Crippen LogP contribution in [0.25, 0.3) is 0 Å². The Morgan fingerprint density at radius 1 is 1.12 bits per heavy atom. The van der Waals surface area contributed by atoms with Gasteiger partial charge in [-0.05, 0) is 51.3 Å². The number of anilines is 1. The molecule has 8 heteroatoms. The third kappa shape index (κ3) is 5.74. The molecule has 33 heavy (non-hydrogen) atoms. The van der Waals surface area contributed by atoms with Crippen molar-refractivity contribution < 1.29 is 23.9 Å². The number of ether oxygens (including phenoxy) is 2. The normalized spacial score (nSPS) is 20.5. The van der Waals surface area contributed by atoms with Gasteiger partial charge in [0.05, 0.1) is 10.9 Å². The van der Waals surface area contributed by atoms with Crippen LogP contribution in [0.15, 0.2) is 54.6 Å². The Bertz CT molecular complexity index is 1020. The van der Waals surface area contributed by atoms with Crippen LogP contribution in [0.3, 0.4) is 0 Å². The summed E-state index contributed by atoms with van der Waals surface area (Å²) in [5.41, 5.74) is 1.52.